The van der Waals surface area contributed by atoms with E-state index < -0.39 is 12.6 Å². The molecule has 0 radical (unpaired) electrons. The second kappa shape index (κ2) is 8.38. The van der Waals surface area contributed by atoms with E-state index in [9.17, 15) is 14.7 Å². The van der Waals surface area contributed by atoms with E-state index in [1.807, 2.05) is 26.0 Å². The molecule has 1 amide bonds. The third-order valence-corrected chi connectivity index (χ3v) is 4.08. The molecule has 138 valence electrons. The van der Waals surface area contributed by atoms with Gasteiger partial charge in [-0.3, -0.25) is 4.79 Å². The van der Waals surface area contributed by atoms with Crippen LogP contribution in [0.1, 0.15) is 27.0 Å². The summed E-state index contributed by atoms with van der Waals surface area (Å²) in [5, 5.41) is 9.84. The summed E-state index contributed by atoms with van der Waals surface area (Å²) in [5.74, 6) is -0.932. The molecule has 6 nitrogen and oxygen atoms in total. The number of amides is 1. The van der Waals surface area contributed by atoms with Crippen LogP contribution in [0.25, 0.3) is 0 Å². The van der Waals surface area contributed by atoms with Crippen LogP contribution in [0.2, 0.25) is 0 Å². The Labute approximate surface area is 153 Å². The summed E-state index contributed by atoms with van der Waals surface area (Å²) in [7, 11) is 3.11. The van der Waals surface area contributed by atoms with Gasteiger partial charge < -0.3 is 19.5 Å². The molecule has 0 unspecified atom stereocenters. The van der Waals surface area contributed by atoms with Crippen LogP contribution in [-0.4, -0.2) is 42.6 Å². The van der Waals surface area contributed by atoms with Gasteiger partial charge in [0.2, 0.25) is 0 Å². The van der Waals surface area contributed by atoms with Crippen molar-refractivity contribution in [1.82, 2.24) is 4.90 Å². The molecule has 2 aromatic rings. The highest BCUT2D eigenvalue weighted by molar-refractivity contribution is 5.94. The second-order valence-electron chi connectivity index (χ2n) is 6.14. The van der Waals surface area contributed by atoms with E-state index in [0.717, 1.165) is 16.7 Å². The number of carbonyl (C=O) groups excluding carboxylic acids is 2. The number of esters is 1. The molecular formula is C20H23NO5. The average molecular weight is 357 g/mol. The zero-order chi connectivity index (χ0) is 19.3. The first kappa shape index (κ1) is 19.3. The highest BCUT2D eigenvalue weighted by Gasteiger charge is 2.17. The molecule has 0 aromatic heterocycles. The summed E-state index contributed by atoms with van der Waals surface area (Å²) in [6.07, 6.45) is 0. The summed E-state index contributed by atoms with van der Waals surface area (Å²) < 4.78 is 9.98. The maximum atomic E-state index is 12.2. The molecule has 2 rings (SSSR count). The van der Waals surface area contributed by atoms with Crippen molar-refractivity contribution >= 4 is 11.9 Å². The number of nitrogens with zero attached hydrogens (tertiary/aromatic N) is 1. The van der Waals surface area contributed by atoms with Crippen LogP contribution < -0.4 is 4.74 Å². The SMILES string of the molecule is COc1ccc(C(=O)OCC(=O)N(C)Cc2ccc(C)cc2C)c(O)c1. The predicted molar refractivity (Wildman–Crippen MR) is 97.3 cm³/mol. The van der Waals surface area contributed by atoms with Crippen molar-refractivity contribution in [3.8, 4) is 11.5 Å². The number of benzene rings is 2. The lowest BCUT2D eigenvalue weighted by Gasteiger charge is -2.19. The molecule has 0 aliphatic heterocycles. The number of hydrogen-bond donors (Lipinski definition) is 1. The molecule has 26 heavy (non-hydrogen) atoms. The molecule has 0 saturated carbocycles. The Bertz CT molecular complexity index is 816. The summed E-state index contributed by atoms with van der Waals surface area (Å²) >= 11 is 0. The highest BCUT2D eigenvalue weighted by atomic mass is 16.5. The molecule has 6 heteroatoms. The molecule has 2 aromatic carbocycles. The second-order valence-corrected chi connectivity index (χ2v) is 6.14. The van der Waals surface area contributed by atoms with Crippen molar-refractivity contribution in [2.24, 2.45) is 0 Å². The third-order valence-electron chi connectivity index (χ3n) is 4.08. The number of phenols is 1. The average Bonchev–Trinajstić information content (AvgIpc) is 2.61. The molecule has 0 saturated heterocycles. The lowest BCUT2D eigenvalue weighted by molar-refractivity contribution is -0.133. The lowest BCUT2D eigenvalue weighted by Crippen LogP contribution is -2.31. The number of rotatable bonds is 6. The van der Waals surface area contributed by atoms with Gasteiger partial charge in [0, 0.05) is 19.7 Å². The minimum atomic E-state index is -0.765. The fraction of sp³-hybridized carbons (Fsp3) is 0.300. The van der Waals surface area contributed by atoms with Gasteiger partial charge in [0.15, 0.2) is 6.61 Å². The molecule has 0 spiro atoms. The van der Waals surface area contributed by atoms with E-state index in [1.54, 1.807) is 7.05 Å². The molecule has 0 aliphatic carbocycles. The number of hydrogen-bond acceptors (Lipinski definition) is 5. The first-order chi connectivity index (χ1) is 12.3. The van der Waals surface area contributed by atoms with Crippen LogP contribution in [0.4, 0.5) is 0 Å². The summed E-state index contributed by atoms with van der Waals surface area (Å²) in [5.41, 5.74) is 3.28. The Balaban J connectivity index is 1.93. The number of carbonyl (C=O) groups is 2. The normalized spacial score (nSPS) is 10.3. The summed E-state index contributed by atoms with van der Waals surface area (Å²) in [4.78, 5) is 25.8. The molecule has 0 fully saturated rings. The van der Waals surface area contributed by atoms with E-state index in [2.05, 4.69) is 6.07 Å². The number of ether oxygens (including phenoxy) is 2. The lowest BCUT2D eigenvalue weighted by atomic mass is 10.1. The van der Waals surface area contributed by atoms with Crippen molar-refractivity contribution in [2.45, 2.75) is 20.4 Å². The first-order valence-electron chi connectivity index (χ1n) is 8.16. The minimum Gasteiger partial charge on any atom is -0.507 e. The Hall–Kier alpha value is -3.02. The van der Waals surface area contributed by atoms with Gasteiger partial charge in [-0.2, -0.15) is 0 Å². The summed E-state index contributed by atoms with van der Waals surface area (Å²) in [6, 6.07) is 10.3. The molecular weight excluding hydrogens is 334 g/mol. The minimum absolute atomic E-state index is 0.0179. The Morgan fingerprint density at radius 2 is 1.85 bits per heavy atom. The van der Waals surface area contributed by atoms with Crippen LogP contribution in [0, 0.1) is 13.8 Å². The van der Waals surface area contributed by atoms with Crippen molar-refractivity contribution in [3.05, 3.63) is 58.7 Å². The van der Waals surface area contributed by atoms with E-state index in [4.69, 9.17) is 9.47 Å². The quantitative estimate of drug-likeness (QED) is 0.805. The zero-order valence-corrected chi connectivity index (χ0v) is 15.4. The van der Waals surface area contributed by atoms with Crippen molar-refractivity contribution in [3.63, 3.8) is 0 Å². The molecule has 0 heterocycles. The molecule has 1 N–H and O–H groups in total. The standard InChI is InChI=1S/C20H23NO5/c1-13-5-6-15(14(2)9-13)11-21(3)19(23)12-26-20(24)17-8-7-16(25-4)10-18(17)22/h5-10,22H,11-12H2,1-4H3. The number of phenolic OH excluding ortho intramolecular Hbond substituents is 1. The van der Waals surface area contributed by atoms with E-state index >= 15 is 0 Å². The number of aryl methyl sites for hydroxylation is 2. The fourth-order valence-corrected chi connectivity index (χ4v) is 2.49. The molecule has 0 aliphatic rings. The number of methoxy groups -OCH3 is 1. The van der Waals surface area contributed by atoms with E-state index in [-0.39, 0.29) is 17.2 Å². The van der Waals surface area contributed by atoms with Gasteiger partial charge in [0.25, 0.3) is 5.91 Å². The number of aromatic hydroxyl groups is 1. The van der Waals surface area contributed by atoms with Gasteiger partial charge in [-0.1, -0.05) is 23.8 Å². The van der Waals surface area contributed by atoms with Crippen LogP contribution in [-0.2, 0) is 16.1 Å². The maximum Gasteiger partial charge on any atom is 0.342 e. The highest BCUT2D eigenvalue weighted by Crippen LogP contribution is 2.24. The zero-order valence-electron chi connectivity index (χ0n) is 15.4. The predicted octanol–water partition coefficient (Wildman–Crippen LogP) is 2.83. The number of likely N-dealkylation sites (N-methyl/N-ethyl adjacent to an activating group) is 1. The van der Waals surface area contributed by atoms with Crippen molar-refractivity contribution in [1.29, 1.82) is 0 Å². The Morgan fingerprint density at radius 1 is 1.12 bits per heavy atom. The topological polar surface area (TPSA) is 76.1 Å². The van der Waals surface area contributed by atoms with E-state index in [0.29, 0.717) is 12.3 Å². The Kier molecular flexibility index (Phi) is 6.22. The van der Waals surface area contributed by atoms with Crippen LogP contribution >= 0.6 is 0 Å². The summed E-state index contributed by atoms with van der Waals surface area (Å²) in [6.45, 7) is 4.04. The van der Waals surface area contributed by atoms with Crippen molar-refractivity contribution in [2.75, 3.05) is 20.8 Å². The smallest absolute Gasteiger partial charge is 0.342 e. The first-order valence-corrected chi connectivity index (χ1v) is 8.16. The van der Waals surface area contributed by atoms with Crippen LogP contribution in [0.5, 0.6) is 11.5 Å². The van der Waals surface area contributed by atoms with Gasteiger partial charge in [0.1, 0.15) is 17.1 Å². The van der Waals surface area contributed by atoms with Gasteiger partial charge >= 0.3 is 5.97 Å². The third kappa shape index (κ3) is 4.75. The molecule has 0 atom stereocenters. The monoisotopic (exact) mass is 357 g/mol. The molecule has 0 bridgehead atoms. The maximum absolute atomic E-state index is 12.2. The van der Waals surface area contributed by atoms with Crippen molar-refractivity contribution < 1.29 is 24.2 Å². The Morgan fingerprint density at radius 3 is 2.46 bits per heavy atom. The van der Waals surface area contributed by atoms with Gasteiger partial charge in [0.05, 0.1) is 7.11 Å². The van der Waals surface area contributed by atoms with Gasteiger partial charge in [-0.25, -0.2) is 4.79 Å². The van der Waals surface area contributed by atoms with E-state index in [1.165, 1.54) is 30.2 Å². The largest absolute Gasteiger partial charge is 0.507 e. The van der Waals surface area contributed by atoms with Crippen LogP contribution in [0.3, 0.4) is 0 Å². The van der Waals surface area contributed by atoms with Crippen LogP contribution in [0.15, 0.2) is 36.4 Å². The van der Waals surface area contributed by atoms with Gasteiger partial charge in [-0.05, 0) is 37.1 Å². The van der Waals surface area contributed by atoms with Gasteiger partial charge in [-0.15, -0.1) is 0 Å². The fourth-order valence-electron chi connectivity index (χ4n) is 2.49.